The Hall–Kier alpha value is -1.55. The van der Waals surface area contributed by atoms with E-state index in [9.17, 15) is 4.79 Å². The maximum Gasteiger partial charge on any atom is 0.250 e. The molecular formula is C12H17NO3. The van der Waals surface area contributed by atoms with Crippen LogP contribution in [0.4, 0.5) is 5.69 Å². The van der Waals surface area contributed by atoms with Gasteiger partial charge < -0.3 is 14.8 Å². The number of anilines is 1. The van der Waals surface area contributed by atoms with E-state index in [1.54, 1.807) is 31.4 Å². The molecule has 1 N–H and O–H groups in total. The minimum absolute atomic E-state index is 0.0571. The van der Waals surface area contributed by atoms with Gasteiger partial charge in [-0.1, -0.05) is 0 Å². The van der Waals surface area contributed by atoms with E-state index in [1.165, 1.54) is 0 Å². The lowest BCUT2D eigenvalue weighted by molar-refractivity contribution is -0.121. The van der Waals surface area contributed by atoms with Crippen LogP contribution in [0.2, 0.25) is 0 Å². The van der Waals surface area contributed by atoms with Gasteiger partial charge in [-0.3, -0.25) is 4.79 Å². The van der Waals surface area contributed by atoms with Crippen molar-refractivity contribution in [3.05, 3.63) is 24.3 Å². The minimum Gasteiger partial charge on any atom is -0.497 e. The second kappa shape index (κ2) is 6.12. The zero-order valence-electron chi connectivity index (χ0n) is 9.82. The van der Waals surface area contributed by atoms with Crippen molar-refractivity contribution in [3.8, 4) is 5.75 Å². The zero-order valence-corrected chi connectivity index (χ0v) is 9.82. The smallest absolute Gasteiger partial charge is 0.250 e. The summed E-state index contributed by atoms with van der Waals surface area (Å²) in [5.74, 6) is 0.607. The molecule has 0 fully saturated rings. The number of nitrogens with one attached hydrogen (secondary N) is 1. The summed E-state index contributed by atoms with van der Waals surface area (Å²) in [6, 6.07) is 7.15. The second-order valence-corrected chi connectivity index (χ2v) is 3.64. The number of hydrogen-bond donors (Lipinski definition) is 1. The number of methoxy groups -OCH3 is 1. The fraction of sp³-hybridized carbons (Fsp3) is 0.417. The van der Waals surface area contributed by atoms with E-state index in [0.29, 0.717) is 0 Å². The Morgan fingerprint density at radius 3 is 2.44 bits per heavy atom. The standard InChI is InChI=1S/C12H17NO3/c1-9(2)16-8-12(14)13-10-4-6-11(15-3)7-5-10/h4-7,9H,8H2,1-3H3,(H,13,14). The van der Waals surface area contributed by atoms with Crippen LogP contribution in [0.25, 0.3) is 0 Å². The van der Waals surface area contributed by atoms with E-state index in [-0.39, 0.29) is 18.6 Å². The van der Waals surface area contributed by atoms with Gasteiger partial charge in [-0.2, -0.15) is 0 Å². The Morgan fingerprint density at radius 2 is 1.94 bits per heavy atom. The molecule has 1 aromatic rings. The van der Waals surface area contributed by atoms with Gasteiger partial charge in [0.15, 0.2) is 0 Å². The predicted molar refractivity (Wildman–Crippen MR) is 62.7 cm³/mol. The summed E-state index contributed by atoms with van der Waals surface area (Å²) in [7, 11) is 1.60. The van der Waals surface area contributed by atoms with Crippen molar-refractivity contribution >= 4 is 11.6 Å². The van der Waals surface area contributed by atoms with Gasteiger partial charge in [0.2, 0.25) is 5.91 Å². The van der Waals surface area contributed by atoms with Crippen LogP contribution in [0.1, 0.15) is 13.8 Å². The van der Waals surface area contributed by atoms with Crippen LogP contribution in [0.5, 0.6) is 5.75 Å². The van der Waals surface area contributed by atoms with E-state index in [4.69, 9.17) is 9.47 Å². The number of ether oxygens (including phenoxy) is 2. The van der Waals surface area contributed by atoms with Crippen LogP contribution in [-0.2, 0) is 9.53 Å². The highest BCUT2D eigenvalue weighted by Gasteiger charge is 2.03. The van der Waals surface area contributed by atoms with Crippen LogP contribution in [0, 0.1) is 0 Å². The molecule has 1 aromatic carbocycles. The second-order valence-electron chi connectivity index (χ2n) is 3.64. The molecule has 1 rings (SSSR count). The third kappa shape index (κ3) is 4.31. The van der Waals surface area contributed by atoms with Crippen LogP contribution in [0.15, 0.2) is 24.3 Å². The van der Waals surface area contributed by atoms with Gasteiger partial charge in [-0.05, 0) is 38.1 Å². The molecule has 0 aliphatic heterocycles. The van der Waals surface area contributed by atoms with Crippen LogP contribution < -0.4 is 10.1 Å². The SMILES string of the molecule is COc1ccc(NC(=O)COC(C)C)cc1. The van der Waals surface area contributed by atoms with Crippen molar-refractivity contribution in [2.75, 3.05) is 19.0 Å². The van der Waals surface area contributed by atoms with Crippen LogP contribution >= 0.6 is 0 Å². The highest BCUT2D eigenvalue weighted by Crippen LogP contribution is 2.14. The van der Waals surface area contributed by atoms with Crippen molar-refractivity contribution in [3.63, 3.8) is 0 Å². The first-order chi connectivity index (χ1) is 7.61. The largest absolute Gasteiger partial charge is 0.497 e. The highest BCUT2D eigenvalue weighted by molar-refractivity contribution is 5.91. The molecule has 88 valence electrons. The molecule has 0 spiro atoms. The fourth-order valence-electron chi connectivity index (χ4n) is 1.11. The molecule has 0 aliphatic carbocycles. The van der Waals surface area contributed by atoms with E-state index >= 15 is 0 Å². The number of rotatable bonds is 5. The molecule has 0 heterocycles. The summed E-state index contributed by atoms with van der Waals surface area (Å²) >= 11 is 0. The number of carbonyl (C=O) groups excluding carboxylic acids is 1. The molecule has 0 saturated carbocycles. The van der Waals surface area contributed by atoms with Crippen LogP contribution in [0.3, 0.4) is 0 Å². The molecular weight excluding hydrogens is 206 g/mol. The molecule has 0 radical (unpaired) electrons. The summed E-state index contributed by atoms with van der Waals surface area (Å²) in [6.45, 7) is 3.85. The Labute approximate surface area is 95.6 Å². The summed E-state index contributed by atoms with van der Waals surface area (Å²) in [4.78, 5) is 11.4. The first-order valence-electron chi connectivity index (χ1n) is 5.17. The first-order valence-corrected chi connectivity index (χ1v) is 5.17. The lowest BCUT2D eigenvalue weighted by Crippen LogP contribution is -2.20. The first kappa shape index (κ1) is 12.5. The zero-order chi connectivity index (χ0) is 12.0. The molecule has 16 heavy (non-hydrogen) atoms. The number of hydrogen-bond acceptors (Lipinski definition) is 3. The van der Waals surface area contributed by atoms with E-state index < -0.39 is 0 Å². The molecule has 0 unspecified atom stereocenters. The summed E-state index contributed by atoms with van der Waals surface area (Å²) in [5.41, 5.74) is 0.734. The van der Waals surface area contributed by atoms with Gasteiger partial charge >= 0.3 is 0 Å². The van der Waals surface area contributed by atoms with Crippen molar-refractivity contribution < 1.29 is 14.3 Å². The minimum atomic E-state index is -0.154. The summed E-state index contributed by atoms with van der Waals surface area (Å²) in [6.07, 6.45) is 0.0571. The molecule has 0 bridgehead atoms. The number of carbonyl (C=O) groups is 1. The van der Waals surface area contributed by atoms with Crippen molar-refractivity contribution in [1.29, 1.82) is 0 Å². The normalized spacial score (nSPS) is 10.2. The number of benzene rings is 1. The van der Waals surface area contributed by atoms with E-state index in [2.05, 4.69) is 5.32 Å². The van der Waals surface area contributed by atoms with E-state index in [0.717, 1.165) is 11.4 Å². The van der Waals surface area contributed by atoms with Gasteiger partial charge in [-0.15, -0.1) is 0 Å². The summed E-state index contributed by atoms with van der Waals surface area (Å²) in [5, 5.41) is 2.73. The lowest BCUT2D eigenvalue weighted by Gasteiger charge is -2.08. The van der Waals surface area contributed by atoms with Gasteiger partial charge in [-0.25, -0.2) is 0 Å². The van der Waals surface area contributed by atoms with Gasteiger partial charge in [0.25, 0.3) is 0 Å². The van der Waals surface area contributed by atoms with E-state index in [1.807, 2.05) is 13.8 Å². The Morgan fingerprint density at radius 1 is 1.31 bits per heavy atom. The lowest BCUT2D eigenvalue weighted by atomic mass is 10.3. The molecule has 0 atom stereocenters. The Balaban J connectivity index is 2.43. The predicted octanol–water partition coefficient (Wildman–Crippen LogP) is 2.06. The average Bonchev–Trinajstić information content (AvgIpc) is 2.27. The maximum atomic E-state index is 11.4. The average molecular weight is 223 g/mol. The number of amides is 1. The van der Waals surface area contributed by atoms with Crippen molar-refractivity contribution in [1.82, 2.24) is 0 Å². The summed E-state index contributed by atoms with van der Waals surface area (Å²) < 4.78 is 10.2. The highest BCUT2D eigenvalue weighted by atomic mass is 16.5. The molecule has 1 amide bonds. The Bertz CT molecular complexity index is 333. The molecule has 4 nitrogen and oxygen atoms in total. The van der Waals surface area contributed by atoms with Crippen LogP contribution in [-0.4, -0.2) is 25.7 Å². The van der Waals surface area contributed by atoms with Crippen molar-refractivity contribution in [2.24, 2.45) is 0 Å². The van der Waals surface area contributed by atoms with Gasteiger partial charge in [0, 0.05) is 5.69 Å². The van der Waals surface area contributed by atoms with Gasteiger partial charge in [0.05, 0.1) is 13.2 Å². The molecule has 0 aromatic heterocycles. The fourth-order valence-corrected chi connectivity index (χ4v) is 1.11. The maximum absolute atomic E-state index is 11.4. The topological polar surface area (TPSA) is 47.6 Å². The molecule has 4 heteroatoms. The third-order valence-corrected chi connectivity index (χ3v) is 1.92. The Kier molecular flexibility index (Phi) is 4.79. The molecule has 0 saturated heterocycles. The third-order valence-electron chi connectivity index (χ3n) is 1.92. The monoisotopic (exact) mass is 223 g/mol. The molecule has 0 aliphatic rings. The van der Waals surface area contributed by atoms with Gasteiger partial charge in [0.1, 0.15) is 12.4 Å². The van der Waals surface area contributed by atoms with Crippen molar-refractivity contribution in [2.45, 2.75) is 20.0 Å². The quantitative estimate of drug-likeness (QED) is 0.831.